The van der Waals surface area contributed by atoms with Gasteiger partial charge in [-0.25, -0.2) is 4.79 Å². The molecule has 3 unspecified atom stereocenters. The molecule has 0 saturated carbocycles. The van der Waals surface area contributed by atoms with E-state index in [2.05, 4.69) is 4.98 Å². The summed E-state index contributed by atoms with van der Waals surface area (Å²) in [6.07, 6.45) is 3.25. The molecule has 1 amide bonds. The van der Waals surface area contributed by atoms with Crippen molar-refractivity contribution in [3.63, 3.8) is 0 Å². The predicted octanol–water partition coefficient (Wildman–Crippen LogP) is 2.02. The number of rotatable bonds is 5. The van der Waals surface area contributed by atoms with Crippen LogP contribution in [0.15, 0.2) is 24.5 Å². The topological polar surface area (TPSA) is 87.6 Å². The molecule has 3 atom stereocenters. The van der Waals surface area contributed by atoms with Crippen LogP contribution in [-0.4, -0.2) is 49.5 Å². The molecule has 1 aromatic rings. The number of aromatic nitrogens is 1. The average Bonchev–Trinajstić information content (AvgIpc) is 2.97. The van der Waals surface area contributed by atoms with Gasteiger partial charge in [-0.15, -0.1) is 11.8 Å². The maximum atomic E-state index is 12.8. The highest BCUT2D eigenvalue weighted by atomic mass is 32.2. The van der Waals surface area contributed by atoms with Gasteiger partial charge >= 0.3 is 5.97 Å². The quantitative estimate of drug-likeness (QED) is 0.865. The zero-order valence-electron chi connectivity index (χ0n) is 12.8. The Bertz CT molecular complexity index is 596. The zero-order chi connectivity index (χ0) is 17.0. The third-order valence-electron chi connectivity index (χ3n) is 3.49. The van der Waals surface area contributed by atoms with Crippen molar-refractivity contribution in [1.82, 2.24) is 9.88 Å². The van der Waals surface area contributed by atoms with E-state index in [1.807, 2.05) is 0 Å². The van der Waals surface area contributed by atoms with Crippen molar-refractivity contribution >= 4 is 40.5 Å². The Morgan fingerprint density at radius 3 is 2.65 bits per heavy atom. The van der Waals surface area contributed by atoms with Crippen LogP contribution in [0.4, 0.5) is 0 Å². The lowest BCUT2D eigenvalue weighted by Crippen LogP contribution is -2.45. The molecule has 124 valence electrons. The predicted molar refractivity (Wildman–Crippen MR) is 90.0 cm³/mol. The fourth-order valence-corrected chi connectivity index (χ4v) is 4.37. The number of hydrogen-bond acceptors (Lipinski definition) is 6. The van der Waals surface area contributed by atoms with Crippen molar-refractivity contribution in [2.24, 2.45) is 5.92 Å². The summed E-state index contributed by atoms with van der Waals surface area (Å²) < 4.78 is 0. The molecule has 23 heavy (non-hydrogen) atoms. The number of carbonyl (C=O) groups excluding carboxylic acids is 2. The van der Waals surface area contributed by atoms with E-state index in [9.17, 15) is 19.5 Å². The molecule has 0 spiro atoms. The number of carboxylic acid groups (broad SMARTS) is 1. The van der Waals surface area contributed by atoms with Crippen LogP contribution in [0.2, 0.25) is 0 Å². The number of nitrogens with zero attached hydrogens (tertiary/aromatic N) is 2. The normalized spacial score (nSPS) is 21.9. The van der Waals surface area contributed by atoms with Gasteiger partial charge < -0.3 is 10.0 Å². The van der Waals surface area contributed by atoms with Gasteiger partial charge in [0.2, 0.25) is 5.91 Å². The molecule has 0 aromatic carbocycles. The summed E-state index contributed by atoms with van der Waals surface area (Å²) in [6, 6.07) is 2.73. The monoisotopic (exact) mass is 354 g/mol. The van der Waals surface area contributed by atoms with Crippen molar-refractivity contribution in [3.8, 4) is 0 Å². The fraction of sp³-hybridized carbons (Fsp3) is 0.467. The van der Waals surface area contributed by atoms with E-state index in [0.29, 0.717) is 11.5 Å². The first-order valence-corrected chi connectivity index (χ1v) is 9.15. The summed E-state index contributed by atoms with van der Waals surface area (Å²) in [5.41, 5.74) is 0.855. The van der Waals surface area contributed by atoms with Crippen LogP contribution in [0.5, 0.6) is 0 Å². The smallest absolute Gasteiger partial charge is 0.327 e. The van der Waals surface area contributed by atoms with Gasteiger partial charge in [0, 0.05) is 36.7 Å². The van der Waals surface area contributed by atoms with Gasteiger partial charge in [0.05, 0.1) is 0 Å². The minimum Gasteiger partial charge on any atom is -0.480 e. The number of hydrogen-bond donors (Lipinski definition) is 1. The lowest BCUT2D eigenvalue weighted by atomic mass is 10.1. The SMILES string of the molecule is CC(=O)SCC(C)C(=O)N1C(C(=O)O)CSC1c1ccncc1. The van der Waals surface area contributed by atoms with Crippen molar-refractivity contribution in [2.75, 3.05) is 11.5 Å². The largest absolute Gasteiger partial charge is 0.480 e. The Morgan fingerprint density at radius 2 is 2.09 bits per heavy atom. The molecule has 0 bridgehead atoms. The molecule has 1 aliphatic heterocycles. The molecule has 1 aliphatic rings. The van der Waals surface area contributed by atoms with Crippen LogP contribution >= 0.6 is 23.5 Å². The van der Waals surface area contributed by atoms with Crippen molar-refractivity contribution in [3.05, 3.63) is 30.1 Å². The Balaban J connectivity index is 2.22. The van der Waals surface area contributed by atoms with Crippen LogP contribution in [-0.2, 0) is 14.4 Å². The average molecular weight is 354 g/mol. The Labute approximate surface area is 143 Å². The molecule has 2 heterocycles. The second kappa shape index (κ2) is 7.83. The first-order chi connectivity index (χ1) is 10.9. The summed E-state index contributed by atoms with van der Waals surface area (Å²) in [4.78, 5) is 40.7. The molecule has 0 aliphatic carbocycles. The molecular formula is C15H18N2O4S2. The fourth-order valence-electron chi connectivity index (χ4n) is 2.32. The van der Waals surface area contributed by atoms with Crippen LogP contribution in [0, 0.1) is 5.92 Å². The maximum absolute atomic E-state index is 12.8. The van der Waals surface area contributed by atoms with E-state index in [1.165, 1.54) is 23.6 Å². The Morgan fingerprint density at radius 1 is 1.43 bits per heavy atom. The van der Waals surface area contributed by atoms with Gasteiger partial charge in [-0.3, -0.25) is 14.6 Å². The summed E-state index contributed by atoms with van der Waals surface area (Å²) in [6.45, 7) is 3.18. The van der Waals surface area contributed by atoms with Gasteiger partial charge in [-0.2, -0.15) is 0 Å². The van der Waals surface area contributed by atoms with Crippen molar-refractivity contribution in [1.29, 1.82) is 0 Å². The van der Waals surface area contributed by atoms with E-state index in [4.69, 9.17) is 0 Å². The highest BCUT2D eigenvalue weighted by Crippen LogP contribution is 2.42. The molecule has 1 saturated heterocycles. The van der Waals surface area contributed by atoms with Gasteiger partial charge in [-0.1, -0.05) is 18.7 Å². The lowest BCUT2D eigenvalue weighted by molar-refractivity contribution is -0.150. The number of thioether (sulfide) groups is 2. The molecule has 6 nitrogen and oxygen atoms in total. The molecule has 1 aromatic heterocycles. The summed E-state index contributed by atoms with van der Waals surface area (Å²) in [5, 5.41) is 9.03. The van der Waals surface area contributed by atoms with Gasteiger partial charge in [0.25, 0.3) is 0 Å². The van der Waals surface area contributed by atoms with Crippen LogP contribution < -0.4 is 0 Å². The first kappa shape index (κ1) is 17.8. The van der Waals surface area contributed by atoms with E-state index < -0.39 is 17.9 Å². The van der Waals surface area contributed by atoms with E-state index in [0.717, 1.165) is 17.3 Å². The van der Waals surface area contributed by atoms with Crippen molar-refractivity contribution < 1.29 is 19.5 Å². The van der Waals surface area contributed by atoms with Crippen molar-refractivity contribution in [2.45, 2.75) is 25.3 Å². The van der Waals surface area contributed by atoms with Crippen LogP contribution in [0.1, 0.15) is 24.8 Å². The number of aliphatic carboxylic acids is 1. The van der Waals surface area contributed by atoms with Gasteiger partial charge in [0.15, 0.2) is 5.12 Å². The van der Waals surface area contributed by atoms with E-state index in [-0.39, 0.29) is 16.4 Å². The molecular weight excluding hydrogens is 336 g/mol. The van der Waals surface area contributed by atoms with E-state index >= 15 is 0 Å². The first-order valence-electron chi connectivity index (χ1n) is 7.11. The third-order valence-corrected chi connectivity index (χ3v) is 5.89. The second-order valence-corrected chi connectivity index (χ2v) is 7.58. The van der Waals surface area contributed by atoms with Crippen LogP contribution in [0.3, 0.4) is 0 Å². The molecule has 8 heteroatoms. The van der Waals surface area contributed by atoms with Gasteiger partial charge in [-0.05, 0) is 17.7 Å². The summed E-state index contributed by atoms with van der Waals surface area (Å²) in [7, 11) is 0. The summed E-state index contributed by atoms with van der Waals surface area (Å²) >= 11 is 2.52. The maximum Gasteiger partial charge on any atom is 0.327 e. The molecule has 2 rings (SSSR count). The second-order valence-electron chi connectivity index (χ2n) is 5.27. The van der Waals surface area contributed by atoms with Gasteiger partial charge in [0.1, 0.15) is 11.4 Å². The molecule has 1 fully saturated rings. The van der Waals surface area contributed by atoms with E-state index in [1.54, 1.807) is 31.5 Å². The highest BCUT2D eigenvalue weighted by Gasteiger charge is 2.43. The minimum atomic E-state index is -1.01. The Hall–Kier alpha value is -1.54. The Kier molecular flexibility index (Phi) is 6.06. The molecule has 1 N–H and O–H groups in total. The number of carboxylic acids is 1. The lowest BCUT2D eigenvalue weighted by Gasteiger charge is -2.30. The third kappa shape index (κ3) is 4.26. The number of carbonyl (C=O) groups is 3. The number of amides is 1. The number of pyridine rings is 1. The van der Waals surface area contributed by atoms with Crippen LogP contribution in [0.25, 0.3) is 0 Å². The molecule has 0 radical (unpaired) electrons. The zero-order valence-corrected chi connectivity index (χ0v) is 14.5. The summed E-state index contributed by atoms with van der Waals surface area (Å²) in [5.74, 6) is -0.966. The standard InChI is InChI=1S/C15H18N2O4S2/c1-9(7-22-10(2)18)13(19)17-12(15(20)21)8-23-14(17)11-3-5-16-6-4-11/h3-6,9,12,14H,7-8H2,1-2H3,(H,20,21). The minimum absolute atomic E-state index is 0.0547. The highest BCUT2D eigenvalue weighted by molar-refractivity contribution is 8.13.